The number of aromatic nitrogens is 1. The maximum atomic E-state index is 13.2. The molecule has 5 rings (SSSR count). The third-order valence-electron chi connectivity index (χ3n) is 9.23. The van der Waals surface area contributed by atoms with Crippen LogP contribution in [0.3, 0.4) is 0 Å². The van der Waals surface area contributed by atoms with Crippen LogP contribution in [0.2, 0.25) is 0 Å². The lowest BCUT2D eigenvalue weighted by Crippen LogP contribution is -2.52. The average molecular weight is 380 g/mol. The third-order valence-corrected chi connectivity index (χ3v) is 9.23. The van der Waals surface area contributed by atoms with Gasteiger partial charge in [-0.05, 0) is 78.7 Å². The summed E-state index contributed by atoms with van der Waals surface area (Å²) in [6, 6.07) is 6.01. The molecule has 3 heteroatoms. The smallest absolute Gasteiger partial charge is 0.142 e. The zero-order valence-electron chi connectivity index (χ0n) is 17.4. The number of nitrogens with zero attached hydrogens (tertiary/aromatic N) is 1. The predicted octanol–water partition coefficient (Wildman–Crippen LogP) is 4.91. The number of aliphatic hydroxyl groups excluding tert-OH is 1. The first-order chi connectivity index (χ1) is 13.3. The Morgan fingerprint density at radius 3 is 2.68 bits per heavy atom. The van der Waals surface area contributed by atoms with Crippen LogP contribution in [0.25, 0.3) is 0 Å². The zero-order chi connectivity index (χ0) is 19.7. The lowest BCUT2D eigenvalue weighted by molar-refractivity contribution is -0.119. The molecule has 4 aliphatic carbocycles. The first kappa shape index (κ1) is 18.5. The summed E-state index contributed by atoms with van der Waals surface area (Å²) in [6.07, 6.45) is 10.0. The van der Waals surface area contributed by atoms with Crippen LogP contribution < -0.4 is 0 Å². The number of hydrogen-bond donors (Lipinski definition) is 1. The van der Waals surface area contributed by atoms with E-state index in [2.05, 4.69) is 37.9 Å². The molecule has 0 spiro atoms. The number of aliphatic hydroxyl groups is 1. The molecule has 0 amide bonds. The van der Waals surface area contributed by atoms with Gasteiger partial charge in [0.2, 0.25) is 0 Å². The quantitative estimate of drug-likeness (QED) is 0.705. The summed E-state index contributed by atoms with van der Waals surface area (Å²) >= 11 is 0. The SMILES string of the molecule is CC1C=C2CC(O)CC[C@]2(C)[C@@H]2CC[C@]3(C)C(c4ccccn4)C(=O)C[C@H]3[C@H]12. The molecule has 1 aromatic heterocycles. The third kappa shape index (κ3) is 2.44. The van der Waals surface area contributed by atoms with Crippen molar-refractivity contribution in [2.75, 3.05) is 0 Å². The molecule has 0 saturated heterocycles. The fourth-order valence-electron chi connectivity index (χ4n) is 7.85. The van der Waals surface area contributed by atoms with Crippen LogP contribution in [0, 0.1) is 34.5 Å². The number of carbonyl (C=O) groups is 1. The van der Waals surface area contributed by atoms with E-state index in [1.54, 1.807) is 0 Å². The van der Waals surface area contributed by atoms with Crippen molar-refractivity contribution in [2.45, 2.75) is 71.3 Å². The Kier molecular flexibility index (Phi) is 4.14. The van der Waals surface area contributed by atoms with Crippen molar-refractivity contribution in [3.8, 4) is 0 Å². The van der Waals surface area contributed by atoms with Gasteiger partial charge in [-0.15, -0.1) is 0 Å². The molecule has 8 atom stereocenters. The van der Waals surface area contributed by atoms with Crippen LogP contribution >= 0.6 is 0 Å². The Morgan fingerprint density at radius 2 is 1.93 bits per heavy atom. The zero-order valence-corrected chi connectivity index (χ0v) is 17.4. The van der Waals surface area contributed by atoms with Crippen molar-refractivity contribution < 1.29 is 9.90 Å². The molecule has 1 heterocycles. The van der Waals surface area contributed by atoms with E-state index in [1.807, 2.05) is 18.3 Å². The van der Waals surface area contributed by atoms with Gasteiger partial charge >= 0.3 is 0 Å². The molecular weight excluding hydrogens is 346 g/mol. The van der Waals surface area contributed by atoms with E-state index >= 15 is 0 Å². The molecule has 0 bridgehead atoms. The minimum atomic E-state index is -0.168. The van der Waals surface area contributed by atoms with Gasteiger partial charge in [0.15, 0.2) is 0 Å². The number of Topliss-reactive ketones (excluding diaryl/α,β-unsaturated/α-hetero) is 1. The molecule has 1 aromatic rings. The highest BCUT2D eigenvalue weighted by atomic mass is 16.3. The lowest BCUT2D eigenvalue weighted by atomic mass is 9.45. The van der Waals surface area contributed by atoms with E-state index in [9.17, 15) is 9.90 Å². The largest absolute Gasteiger partial charge is 0.393 e. The van der Waals surface area contributed by atoms with Gasteiger partial charge in [-0.2, -0.15) is 0 Å². The van der Waals surface area contributed by atoms with Gasteiger partial charge in [0, 0.05) is 12.6 Å². The molecule has 1 N–H and O–H groups in total. The van der Waals surface area contributed by atoms with Crippen LogP contribution in [0.1, 0.15) is 70.9 Å². The van der Waals surface area contributed by atoms with Gasteiger partial charge in [0.25, 0.3) is 0 Å². The standard InChI is InChI=1S/C25H33NO2/c1-15-12-16-13-17(27)7-9-24(16,2)18-8-10-25(3)19(22(15)18)14-21(28)23(25)20-6-4-5-11-26-20/h4-6,11-12,15,17-19,22-23,27H,7-10,13-14H2,1-3H3/t15?,17?,18-,19+,22-,23?,24+,25+/m1/s1. The second-order valence-electron chi connectivity index (χ2n) is 10.6. The topological polar surface area (TPSA) is 50.2 Å². The summed E-state index contributed by atoms with van der Waals surface area (Å²) in [5.74, 6) is 2.50. The van der Waals surface area contributed by atoms with Crippen LogP contribution in [0.5, 0.6) is 0 Å². The summed E-state index contributed by atoms with van der Waals surface area (Å²) < 4.78 is 0. The maximum Gasteiger partial charge on any atom is 0.142 e. The molecule has 4 aliphatic rings. The van der Waals surface area contributed by atoms with Crippen LogP contribution in [0.15, 0.2) is 36.0 Å². The van der Waals surface area contributed by atoms with Crippen LogP contribution in [-0.4, -0.2) is 22.0 Å². The Balaban J connectivity index is 1.54. The summed E-state index contributed by atoms with van der Waals surface area (Å²) in [5, 5.41) is 10.2. The summed E-state index contributed by atoms with van der Waals surface area (Å²) in [7, 11) is 0. The fraction of sp³-hybridized carbons (Fsp3) is 0.680. The van der Waals surface area contributed by atoms with Gasteiger partial charge < -0.3 is 5.11 Å². The first-order valence-corrected chi connectivity index (χ1v) is 11.2. The summed E-state index contributed by atoms with van der Waals surface area (Å²) in [6.45, 7) is 7.18. The van der Waals surface area contributed by atoms with Gasteiger partial charge in [-0.1, -0.05) is 38.5 Å². The second kappa shape index (κ2) is 6.26. The molecule has 150 valence electrons. The highest BCUT2D eigenvalue weighted by Crippen LogP contribution is 2.67. The minimum Gasteiger partial charge on any atom is -0.393 e. The van der Waals surface area contributed by atoms with Gasteiger partial charge in [0.05, 0.1) is 17.7 Å². The number of carbonyl (C=O) groups excluding carboxylic acids is 1. The number of ketones is 1. The number of fused-ring (bicyclic) bond motifs is 5. The van der Waals surface area contributed by atoms with E-state index in [1.165, 1.54) is 12.0 Å². The molecule has 3 unspecified atom stereocenters. The van der Waals surface area contributed by atoms with Gasteiger partial charge in [-0.3, -0.25) is 9.78 Å². The monoisotopic (exact) mass is 379 g/mol. The average Bonchev–Trinajstić information content (AvgIpc) is 2.94. The molecule has 28 heavy (non-hydrogen) atoms. The molecule has 3 nitrogen and oxygen atoms in total. The van der Waals surface area contributed by atoms with Crippen molar-refractivity contribution in [1.29, 1.82) is 0 Å². The number of pyridine rings is 1. The second-order valence-corrected chi connectivity index (χ2v) is 10.6. The molecule has 3 fully saturated rings. The van der Waals surface area contributed by atoms with E-state index < -0.39 is 0 Å². The molecule has 0 radical (unpaired) electrons. The van der Waals surface area contributed by atoms with E-state index in [0.717, 1.165) is 31.4 Å². The number of rotatable bonds is 1. The normalized spacial score (nSPS) is 47.7. The van der Waals surface area contributed by atoms with E-state index in [-0.39, 0.29) is 22.9 Å². The van der Waals surface area contributed by atoms with Gasteiger partial charge in [-0.25, -0.2) is 0 Å². The van der Waals surface area contributed by atoms with Crippen molar-refractivity contribution in [1.82, 2.24) is 4.98 Å². The van der Waals surface area contributed by atoms with Crippen molar-refractivity contribution in [2.24, 2.45) is 34.5 Å². The Labute approximate surface area is 168 Å². The lowest BCUT2D eigenvalue weighted by Gasteiger charge is -2.59. The Bertz CT molecular complexity index is 817. The highest BCUT2D eigenvalue weighted by molar-refractivity contribution is 5.89. The van der Waals surface area contributed by atoms with Crippen molar-refractivity contribution in [3.05, 3.63) is 41.7 Å². The van der Waals surface area contributed by atoms with Crippen LogP contribution in [-0.2, 0) is 4.79 Å². The van der Waals surface area contributed by atoms with Crippen molar-refractivity contribution in [3.63, 3.8) is 0 Å². The molecule has 3 saturated carbocycles. The molecule has 0 aliphatic heterocycles. The van der Waals surface area contributed by atoms with Crippen LogP contribution in [0.4, 0.5) is 0 Å². The van der Waals surface area contributed by atoms with Gasteiger partial charge in [0.1, 0.15) is 5.78 Å². The highest BCUT2D eigenvalue weighted by Gasteiger charge is 2.62. The minimum absolute atomic E-state index is 0.0246. The number of allylic oxidation sites excluding steroid dienone is 1. The Morgan fingerprint density at radius 1 is 1.11 bits per heavy atom. The maximum absolute atomic E-state index is 13.2. The molecular formula is C25H33NO2. The van der Waals surface area contributed by atoms with E-state index in [0.29, 0.717) is 35.9 Å². The van der Waals surface area contributed by atoms with Crippen molar-refractivity contribution >= 4 is 5.78 Å². The predicted molar refractivity (Wildman–Crippen MR) is 110 cm³/mol. The molecule has 0 aromatic carbocycles. The summed E-state index contributed by atoms with van der Waals surface area (Å²) in [5.41, 5.74) is 2.71. The first-order valence-electron chi connectivity index (χ1n) is 11.2. The summed E-state index contributed by atoms with van der Waals surface area (Å²) in [4.78, 5) is 17.8. The number of hydrogen-bond acceptors (Lipinski definition) is 3. The Hall–Kier alpha value is -1.48. The fourth-order valence-corrected chi connectivity index (χ4v) is 7.85. The van der Waals surface area contributed by atoms with E-state index in [4.69, 9.17) is 0 Å².